The number of ether oxygens (including phenoxy) is 2. The van der Waals surface area contributed by atoms with Gasteiger partial charge in [-0.15, -0.1) is 0 Å². The number of benzene rings is 2. The molecule has 0 atom stereocenters. The van der Waals surface area contributed by atoms with Gasteiger partial charge in [0.1, 0.15) is 33.9 Å². The molecule has 168 valence electrons. The van der Waals surface area contributed by atoms with Crippen LogP contribution in [0, 0.1) is 5.82 Å². The fraction of sp³-hybridized carbons (Fsp3) is 0.174. The molecule has 0 saturated heterocycles. The second-order valence-corrected chi connectivity index (χ2v) is 7.93. The third kappa shape index (κ3) is 3.50. The van der Waals surface area contributed by atoms with E-state index in [9.17, 15) is 9.18 Å². The highest BCUT2D eigenvalue weighted by atomic mass is 35.5. The zero-order valence-electron chi connectivity index (χ0n) is 18.0. The monoisotopic (exact) mass is 467 g/mol. The largest absolute Gasteiger partial charge is 0.497 e. The van der Waals surface area contributed by atoms with Gasteiger partial charge in [-0.25, -0.2) is 9.37 Å². The fourth-order valence-corrected chi connectivity index (χ4v) is 4.15. The lowest BCUT2D eigenvalue weighted by Gasteiger charge is -2.11. The second kappa shape index (κ2) is 7.93. The summed E-state index contributed by atoms with van der Waals surface area (Å²) in [6.07, 6.45) is 1.74. The van der Waals surface area contributed by atoms with Crippen molar-refractivity contribution in [3.8, 4) is 22.9 Å². The second-order valence-electron chi connectivity index (χ2n) is 7.56. The number of fused-ring (bicyclic) bond motifs is 2. The van der Waals surface area contributed by atoms with Crippen molar-refractivity contribution in [3.05, 3.63) is 69.4 Å². The van der Waals surface area contributed by atoms with Gasteiger partial charge in [-0.2, -0.15) is 5.10 Å². The summed E-state index contributed by atoms with van der Waals surface area (Å²) in [5.74, 6) is 0.635. The van der Waals surface area contributed by atoms with Crippen LogP contribution in [0.3, 0.4) is 0 Å². The molecule has 10 heteroatoms. The smallest absolute Gasteiger partial charge is 0.264 e. The number of hydrogen-bond acceptors (Lipinski definition) is 5. The number of imidazole rings is 1. The first-order valence-corrected chi connectivity index (χ1v) is 10.4. The molecule has 8 nitrogen and oxygen atoms in total. The first-order chi connectivity index (χ1) is 15.9. The van der Waals surface area contributed by atoms with Crippen LogP contribution in [0.15, 0.2) is 47.4 Å². The zero-order chi connectivity index (χ0) is 23.3. The van der Waals surface area contributed by atoms with E-state index < -0.39 is 5.82 Å². The van der Waals surface area contributed by atoms with Gasteiger partial charge in [0, 0.05) is 25.4 Å². The average molecular weight is 468 g/mol. The van der Waals surface area contributed by atoms with E-state index in [2.05, 4.69) is 15.1 Å². The Labute approximate surface area is 192 Å². The number of methoxy groups -OCH3 is 2. The van der Waals surface area contributed by atoms with Gasteiger partial charge in [0.15, 0.2) is 5.82 Å². The molecule has 0 saturated carbocycles. The summed E-state index contributed by atoms with van der Waals surface area (Å²) in [7, 11) is 4.79. The standard InChI is InChI=1S/C23H19ClFN5O3/c1-29-11-17-21(28-29)19(24)18(22-26-16-9-14(33-3)8-15(25)20(16)27-22)23(31)30(17)10-12-4-6-13(32-2)7-5-12/h4-9,11H,10H2,1-3H3,(H,26,27). The van der Waals surface area contributed by atoms with Crippen molar-refractivity contribution in [2.75, 3.05) is 14.2 Å². The highest BCUT2D eigenvalue weighted by Gasteiger charge is 2.23. The topological polar surface area (TPSA) is 87.0 Å². The van der Waals surface area contributed by atoms with E-state index in [1.54, 1.807) is 35.7 Å². The molecule has 0 aliphatic rings. The molecular formula is C23H19ClFN5O3. The van der Waals surface area contributed by atoms with Gasteiger partial charge < -0.3 is 19.0 Å². The number of aromatic amines is 1. The van der Waals surface area contributed by atoms with Gasteiger partial charge in [0.25, 0.3) is 5.56 Å². The van der Waals surface area contributed by atoms with Gasteiger partial charge in [-0.3, -0.25) is 9.48 Å². The number of hydrogen-bond donors (Lipinski definition) is 1. The minimum Gasteiger partial charge on any atom is -0.497 e. The van der Waals surface area contributed by atoms with E-state index in [-0.39, 0.29) is 34.0 Å². The number of nitrogens with one attached hydrogen (secondary N) is 1. The molecule has 0 radical (unpaired) electrons. The molecule has 5 aromatic rings. The number of rotatable bonds is 5. The van der Waals surface area contributed by atoms with E-state index in [4.69, 9.17) is 21.1 Å². The van der Waals surface area contributed by atoms with Gasteiger partial charge in [0.2, 0.25) is 0 Å². The Kier molecular flexibility index (Phi) is 5.05. The number of aromatic nitrogens is 5. The predicted molar refractivity (Wildman–Crippen MR) is 124 cm³/mol. The maximum atomic E-state index is 14.5. The average Bonchev–Trinajstić information content (AvgIpc) is 3.41. The van der Waals surface area contributed by atoms with Crippen molar-refractivity contribution < 1.29 is 13.9 Å². The number of halogens is 2. The number of pyridine rings is 1. The van der Waals surface area contributed by atoms with Crippen molar-refractivity contribution in [2.24, 2.45) is 7.05 Å². The van der Waals surface area contributed by atoms with Gasteiger partial charge >= 0.3 is 0 Å². The lowest BCUT2D eigenvalue weighted by atomic mass is 10.2. The molecule has 33 heavy (non-hydrogen) atoms. The Bertz CT molecular complexity index is 1570. The first kappa shape index (κ1) is 21.0. The quantitative estimate of drug-likeness (QED) is 0.420. The Morgan fingerprint density at radius 3 is 2.52 bits per heavy atom. The first-order valence-electron chi connectivity index (χ1n) is 10.0. The number of H-pyrrole nitrogens is 1. The van der Waals surface area contributed by atoms with E-state index >= 15 is 0 Å². The zero-order valence-corrected chi connectivity index (χ0v) is 18.8. The predicted octanol–water partition coefficient (Wildman–Crippen LogP) is 4.14. The van der Waals surface area contributed by atoms with Gasteiger partial charge in [-0.1, -0.05) is 23.7 Å². The van der Waals surface area contributed by atoms with Crippen molar-refractivity contribution >= 4 is 33.7 Å². The van der Waals surface area contributed by atoms with Crippen molar-refractivity contribution in [3.63, 3.8) is 0 Å². The summed E-state index contributed by atoms with van der Waals surface area (Å²) < 4.78 is 28.1. The molecule has 0 bridgehead atoms. The summed E-state index contributed by atoms with van der Waals surface area (Å²) in [5, 5.41) is 4.58. The Hall–Kier alpha value is -3.85. The Balaban J connectivity index is 1.73. The highest BCUT2D eigenvalue weighted by Crippen LogP contribution is 2.32. The molecule has 3 heterocycles. The lowest BCUT2D eigenvalue weighted by molar-refractivity contribution is 0.412. The molecule has 5 rings (SSSR count). The van der Waals surface area contributed by atoms with Gasteiger partial charge in [-0.05, 0) is 17.7 Å². The Morgan fingerprint density at radius 2 is 1.82 bits per heavy atom. The highest BCUT2D eigenvalue weighted by molar-refractivity contribution is 6.37. The third-order valence-electron chi connectivity index (χ3n) is 5.47. The third-order valence-corrected chi connectivity index (χ3v) is 5.84. The van der Waals surface area contributed by atoms with E-state index in [1.165, 1.54) is 13.2 Å². The lowest BCUT2D eigenvalue weighted by Crippen LogP contribution is -2.23. The molecule has 0 spiro atoms. The van der Waals surface area contributed by atoms with Gasteiger partial charge in [0.05, 0.1) is 36.8 Å². The van der Waals surface area contributed by atoms with E-state index in [0.717, 1.165) is 5.56 Å². The summed E-state index contributed by atoms with van der Waals surface area (Å²) in [5.41, 5.74) is 2.13. The number of nitrogens with zero attached hydrogens (tertiary/aromatic N) is 4. The molecule has 1 N–H and O–H groups in total. The molecule has 0 fully saturated rings. The summed E-state index contributed by atoms with van der Waals surface area (Å²) >= 11 is 6.65. The van der Waals surface area contributed by atoms with Crippen molar-refractivity contribution in [1.29, 1.82) is 0 Å². The van der Waals surface area contributed by atoms with Crippen molar-refractivity contribution in [2.45, 2.75) is 6.54 Å². The summed E-state index contributed by atoms with van der Waals surface area (Å²) in [6, 6.07) is 10.3. The summed E-state index contributed by atoms with van der Waals surface area (Å²) in [6.45, 7) is 0.275. The van der Waals surface area contributed by atoms with E-state index in [0.29, 0.717) is 28.0 Å². The van der Waals surface area contributed by atoms with Crippen molar-refractivity contribution in [1.82, 2.24) is 24.3 Å². The van der Waals surface area contributed by atoms with Crippen LogP contribution in [-0.2, 0) is 13.6 Å². The molecule has 3 aromatic heterocycles. The van der Waals surface area contributed by atoms with Crippen LogP contribution in [0.1, 0.15) is 5.56 Å². The summed E-state index contributed by atoms with van der Waals surface area (Å²) in [4.78, 5) is 21.0. The maximum absolute atomic E-state index is 14.5. The minimum atomic E-state index is -0.569. The molecule has 0 aliphatic heterocycles. The molecule has 0 amide bonds. The SMILES string of the molecule is COc1ccc(Cn2c(=O)c(-c3nc4c(F)cc(OC)cc4[nH]3)c(Cl)c3nn(C)cc32)cc1. The maximum Gasteiger partial charge on any atom is 0.264 e. The van der Waals surface area contributed by atoms with Crippen LogP contribution in [0.2, 0.25) is 5.02 Å². The van der Waals surface area contributed by atoms with Crippen LogP contribution >= 0.6 is 11.6 Å². The Morgan fingerprint density at radius 1 is 1.09 bits per heavy atom. The van der Waals surface area contributed by atoms with Crippen LogP contribution in [0.4, 0.5) is 4.39 Å². The van der Waals surface area contributed by atoms with Crippen LogP contribution in [0.5, 0.6) is 11.5 Å². The normalized spacial score (nSPS) is 11.4. The van der Waals surface area contributed by atoms with Crippen LogP contribution in [0.25, 0.3) is 33.5 Å². The molecular weight excluding hydrogens is 449 g/mol. The molecule has 0 aliphatic carbocycles. The number of aryl methyl sites for hydroxylation is 1. The minimum absolute atomic E-state index is 0.0871. The molecule has 2 aromatic carbocycles. The fourth-order valence-electron chi connectivity index (χ4n) is 3.85. The van der Waals surface area contributed by atoms with Crippen LogP contribution < -0.4 is 15.0 Å². The van der Waals surface area contributed by atoms with E-state index in [1.807, 2.05) is 24.3 Å². The van der Waals surface area contributed by atoms with Crippen LogP contribution in [-0.4, -0.2) is 38.5 Å². The molecule has 0 unspecified atom stereocenters.